The summed E-state index contributed by atoms with van der Waals surface area (Å²) in [6.07, 6.45) is 1.39. The van der Waals surface area contributed by atoms with Crippen molar-refractivity contribution in [3.63, 3.8) is 0 Å². The van der Waals surface area contributed by atoms with Crippen molar-refractivity contribution in [2.75, 3.05) is 4.90 Å². The van der Waals surface area contributed by atoms with E-state index in [9.17, 15) is 9.59 Å². The third kappa shape index (κ3) is 3.96. The van der Waals surface area contributed by atoms with Gasteiger partial charge in [-0.15, -0.1) is 0 Å². The first-order valence-corrected chi connectivity index (χ1v) is 9.61. The molecule has 3 aromatic rings. The van der Waals surface area contributed by atoms with Crippen LogP contribution >= 0.6 is 35.4 Å². The van der Waals surface area contributed by atoms with Crippen LogP contribution in [0.2, 0.25) is 10.0 Å². The minimum Gasteiger partial charge on any atom is -0.457 e. The lowest BCUT2D eigenvalue weighted by atomic mass is 10.1. The van der Waals surface area contributed by atoms with Crippen LogP contribution in [0, 0.1) is 0 Å². The zero-order valence-corrected chi connectivity index (χ0v) is 17.0. The van der Waals surface area contributed by atoms with Crippen LogP contribution in [0.25, 0.3) is 17.4 Å². The third-order valence-electron chi connectivity index (χ3n) is 4.21. The van der Waals surface area contributed by atoms with E-state index in [1.165, 1.54) is 11.0 Å². The van der Waals surface area contributed by atoms with Gasteiger partial charge in [-0.1, -0.05) is 35.3 Å². The SMILES string of the molecule is O=C1NC(=S)N(c2ccc(Cl)cc2)C(=O)/C1=C/c1ccc(-c2cccc(Cl)c2)o1. The molecule has 1 fully saturated rings. The van der Waals surface area contributed by atoms with Gasteiger partial charge in [0, 0.05) is 15.6 Å². The van der Waals surface area contributed by atoms with Gasteiger partial charge in [0.15, 0.2) is 5.11 Å². The predicted octanol–water partition coefficient (Wildman–Crippen LogP) is 5.08. The van der Waals surface area contributed by atoms with Crippen LogP contribution in [-0.4, -0.2) is 16.9 Å². The zero-order chi connectivity index (χ0) is 20.5. The van der Waals surface area contributed by atoms with Gasteiger partial charge in [0.05, 0.1) is 5.69 Å². The van der Waals surface area contributed by atoms with Gasteiger partial charge in [-0.25, -0.2) is 0 Å². The van der Waals surface area contributed by atoms with Crippen molar-refractivity contribution < 1.29 is 14.0 Å². The second kappa shape index (κ2) is 7.83. The number of nitrogens with zero attached hydrogens (tertiary/aromatic N) is 1. The highest BCUT2D eigenvalue weighted by atomic mass is 35.5. The molecule has 8 heteroatoms. The van der Waals surface area contributed by atoms with Crippen molar-refractivity contribution >= 4 is 64.1 Å². The number of carbonyl (C=O) groups excluding carboxylic acids is 2. The summed E-state index contributed by atoms with van der Waals surface area (Å²) in [6, 6.07) is 17.1. The van der Waals surface area contributed by atoms with Gasteiger partial charge in [0.1, 0.15) is 17.1 Å². The Hall–Kier alpha value is -2.93. The maximum atomic E-state index is 13.0. The van der Waals surface area contributed by atoms with Gasteiger partial charge in [0.2, 0.25) is 0 Å². The number of hydrogen-bond acceptors (Lipinski definition) is 4. The molecular weight excluding hydrogens is 431 g/mol. The second-order valence-electron chi connectivity index (χ2n) is 6.15. The largest absolute Gasteiger partial charge is 0.457 e. The molecule has 144 valence electrons. The molecule has 1 aromatic heterocycles. The average Bonchev–Trinajstić information content (AvgIpc) is 3.15. The van der Waals surface area contributed by atoms with Crippen molar-refractivity contribution in [2.45, 2.75) is 0 Å². The first-order chi connectivity index (χ1) is 13.9. The lowest BCUT2D eigenvalue weighted by Crippen LogP contribution is -2.54. The third-order valence-corrected chi connectivity index (χ3v) is 4.98. The molecule has 2 amide bonds. The van der Waals surface area contributed by atoms with Crippen molar-refractivity contribution in [1.82, 2.24) is 5.32 Å². The smallest absolute Gasteiger partial charge is 0.270 e. The van der Waals surface area contributed by atoms with Gasteiger partial charge in [-0.2, -0.15) is 0 Å². The number of thiocarbonyl (C=S) groups is 1. The minimum absolute atomic E-state index is 0.00136. The molecule has 0 radical (unpaired) electrons. The van der Waals surface area contributed by atoms with E-state index in [4.69, 9.17) is 39.8 Å². The number of amides is 2. The number of benzene rings is 2. The summed E-state index contributed by atoms with van der Waals surface area (Å²) >= 11 is 17.1. The Morgan fingerprint density at radius 3 is 2.45 bits per heavy atom. The van der Waals surface area contributed by atoms with E-state index in [0.717, 1.165) is 5.56 Å². The highest BCUT2D eigenvalue weighted by Gasteiger charge is 2.34. The maximum absolute atomic E-state index is 13.0. The van der Waals surface area contributed by atoms with Crippen LogP contribution in [0.15, 0.2) is 70.7 Å². The molecule has 4 rings (SSSR count). The number of halogens is 2. The Morgan fingerprint density at radius 1 is 0.966 bits per heavy atom. The first kappa shape index (κ1) is 19.4. The van der Waals surface area contributed by atoms with Gasteiger partial charge in [-0.3, -0.25) is 19.8 Å². The van der Waals surface area contributed by atoms with E-state index in [-0.39, 0.29) is 10.7 Å². The monoisotopic (exact) mass is 442 g/mol. The number of nitrogens with one attached hydrogen (secondary N) is 1. The molecule has 0 bridgehead atoms. The molecule has 29 heavy (non-hydrogen) atoms. The molecule has 2 heterocycles. The fourth-order valence-electron chi connectivity index (χ4n) is 2.85. The van der Waals surface area contributed by atoms with Crippen molar-refractivity contribution in [1.29, 1.82) is 0 Å². The van der Waals surface area contributed by atoms with E-state index in [1.807, 2.05) is 6.07 Å². The highest BCUT2D eigenvalue weighted by Crippen LogP contribution is 2.27. The van der Waals surface area contributed by atoms with Gasteiger partial charge in [-0.05, 0) is 66.8 Å². The number of furan rings is 1. The van der Waals surface area contributed by atoms with E-state index in [0.29, 0.717) is 27.3 Å². The molecule has 1 aliphatic rings. The van der Waals surface area contributed by atoms with Crippen LogP contribution < -0.4 is 10.2 Å². The Labute approximate surface area is 181 Å². The summed E-state index contributed by atoms with van der Waals surface area (Å²) in [5.74, 6) is -0.233. The summed E-state index contributed by atoms with van der Waals surface area (Å²) < 4.78 is 5.77. The summed E-state index contributed by atoms with van der Waals surface area (Å²) in [4.78, 5) is 26.6. The number of hydrogen-bond donors (Lipinski definition) is 1. The molecule has 0 unspecified atom stereocenters. The predicted molar refractivity (Wildman–Crippen MR) is 117 cm³/mol. The van der Waals surface area contributed by atoms with Crippen molar-refractivity contribution in [2.24, 2.45) is 0 Å². The average molecular weight is 443 g/mol. The van der Waals surface area contributed by atoms with Crippen molar-refractivity contribution in [3.05, 3.63) is 82.0 Å². The van der Waals surface area contributed by atoms with Crippen LogP contribution in [0.4, 0.5) is 5.69 Å². The quantitative estimate of drug-likeness (QED) is 0.348. The minimum atomic E-state index is -0.592. The second-order valence-corrected chi connectivity index (χ2v) is 7.41. The fraction of sp³-hybridized carbons (Fsp3) is 0. The summed E-state index contributed by atoms with van der Waals surface area (Å²) in [5, 5.41) is 3.62. The lowest BCUT2D eigenvalue weighted by molar-refractivity contribution is -0.122. The Bertz CT molecular complexity index is 1170. The standard InChI is InChI=1S/C21H12Cl2N2O3S/c22-13-4-6-15(7-5-13)25-20(27)17(19(26)24-21(25)29)11-16-8-9-18(28-16)12-2-1-3-14(23)10-12/h1-11H,(H,24,26,29)/b17-11+. The zero-order valence-electron chi connectivity index (χ0n) is 14.7. The van der Waals surface area contributed by atoms with Gasteiger partial charge >= 0.3 is 0 Å². The Kier molecular flexibility index (Phi) is 5.24. The summed E-state index contributed by atoms with van der Waals surface area (Å²) in [6.45, 7) is 0. The molecule has 1 N–H and O–H groups in total. The molecule has 0 atom stereocenters. The number of rotatable bonds is 3. The van der Waals surface area contributed by atoms with E-state index < -0.39 is 11.8 Å². The molecule has 0 saturated carbocycles. The maximum Gasteiger partial charge on any atom is 0.270 e. The highest BCUT2D eigenvalue weighted by molar-refractivity contribution is 7.80. The van der Waals surface area contributed by atoms with Crippen LogP contribution in [0.1, 0.15) is 5.76 Å². The first-order valence-electron chi connectivity index (χ1n) is 8.45. The summed E-state index contributed by atoms with van der Waals surface area (Å²) in [7, 11) is 0. The molecule has 1 saturated heterocycles. The molecule has 1 aliphatic heterocycles. The number of anilines is 1. The lowest BCUT2D eigenvalue weighted by Gasteiger charge is -2.28. The van der Waals surface area contributed by atoms with Gasteiger partial charge in [0.25, 0.3) is 11.8 Å². The molecule has 0 aliphatic carbocycles. The molecule has 5 nitrogen and oxygen atoms in total. The van der Waals surface area contributed by atoms with E-state index >= 15 is 0 Å². The van der Waals surface area contributed by atoms with Crippen LogP contribution in [0.5, 0.6) is 0 Å². The Morgan fingerprint density at radius 2 is 1.72 bits per heavy atom. The van der Waals surface area contributed by atoms with E-state index in [1.54, 1.807) is 54.6 Å². The normalized spacial score (nSPS) is 15.7. The Balaban J connectivity index is 1.67. The fourth-order valence-corrected chi connectivity index (χ4v) is 3.45. The van der Waals surface area contributed by atoms with Crippen LogP contribution in [-0.2, 0) is 9.59 Å². The van der Waals surface area contributed by atoms with E-state index in [2.05, 4.69) is 5.32 Å². The number of carbonyl (C=O) groups is 2. The van der Waals surface area contributed by atoms with Crippen LogP contribution in [0.3, 0.4) is 0 Å². The molecule has 2 aromatic carbocycles. The van der Waals surface area contributed by atoms with Gasteiger partial charge < -0.3 is 4.42 Å². The molecular formula is C21H12Cl2N2O3S. The topological polar surface area (TPSA) is 62.6 Å². The summed E-state index contributed by atoms with van der Waals surface area (Å²) in [5.41, 5.74) is 1.18. The van der Waals surface area contributed by atoms with Crippen molar-refractivity contribution in [3.8, 4) is 11.3 Å². The molecule has 0 spiro atoms.